The van der Waals surface area contributed by atoms with Gasteiger partial charge >= 0.3 is 5.97 Å². The van der Waals surface area contributed by atoms with Crippen molar-refractivity contribution in [1.82, 2.24) is 5.32 Å². The fraction of sp³-hybridized carbons (Fsp3) is 0.333. The summed E-state index contributed by atoms with van der Waals surface area (Å²) >= 11 is 0. The Balaban J connectivity index is 2.33. The standard InChI is InChI=1S/C12H12FNO3/c1-6-9(12(16)17)4-7(5-10(6)13)11(15)14-8-2-3-8/h4-5,8H,2-3H2,1H3,(H,14,15)(H,16,17). The van der Waals surface area contributed by atoms with Crippen molar-refractivity contribution in [3.05, 3.63) is 34.6 Å². The molecule has 0 atom stereocenters. The number of carbonyl (C=O) groups excluding carboxylic acids is 1. The minimum absolute atomic E-state index is 0.0421. The van der Waals surface area contributed by atoms with Crippen LogP contribution in [0.2, 0.25) is 0 Å². The van der Waals surface area contributed by atoms with Gasteiger partial charge in [-0.25, -0.2) is 9.18 Å². The monoisotopic (exact) mass is 237 g/mol. The summed E-state index contributed by atoms with van der Waals surface area (Å²) in [4.78, 5) is 22.5. The first kappa shape index (κ1) is 11.6. The highest BCUT2D eigenvalue weighted by Gasteiger charge is 2.25. The molecule has 0 unspecified atom stereocenters. The maximum Gasteiger partial charge on any atom is 0.336 e. The van der Waals surface area contributed by atoms with Crippen LogP contribution in [-0.4, -0.2) is 23.0 Å². The normalized spacial score (nSPS) is 14.5. The molecule has 1 aliphatic carbocycles. The third-order valence-corrected chi connectivity index (χ3v) is 2.75. The largest absolute Gasteiger partial charge is 0.478 e. The van der Waals surface area contributed by atoms with Crippen LogP contribution < -0.4 is 5.32 Å². The zero-order valence-corrected chi connectivity index (χ0v) is 9.29. The molecule has 0 saturated heterocycles. The van der Waals surface area contributed by atoms with E-state index in [0.29, 0.717) is 0 Å². The lowest BCUT2D eigenvalue weighted by atomic mass is 10.0. The van der Waals surface area contributed by atoms with Crippen molar-refractivity contribution in [3.63, 3.8) is 0 Å². The molecule has 4 nitrogen and oxygen atoms in total. The second-order valence-corrected chi connectivity index (χ2v) is 4.18. The maximum atomic E-state index is 13.5. The SMILES string of the molecule is Cc1c(F)cc(C(=O)NC2CC2)cc1C(=O)O. The number of aromatic carboxylic acids is 1. The summed E-state index contributed by atoms with van der Waals surface area (Å²) in [5.74, 6) is -2.33. The molecule has 0 spiro atoms. The van der Waals surface area contributed by atoms with Gasteiger partial charge in [-0.05, 0) is 37.5 Å². The molecule has 5 heteroatoms. The van der Waals surface area contributed by atoms with Gasteiger partial charge in [-0.15, -0.1) is 0 Å². The third-order valence-electron chi connectivity index (χ3n) is 2.75. The summed E-state index contributed by atoms with van der Waals surface area (Å²) in [6.07, 6.45) is 1.84. The lowest BCUT2D eigenvalue weighted by molar-refractivity contribution is 0.0695. The van der Waals surface area contributed by atoms with Crippen LogP contribution in [0, 0.1) is 12.7 Å². The van der Waals surface area contributed by atoms with Gasteiger partial charge in [-0.2, -0.15) is 0 Å². The van der Waals surface area contributed by atoms with Crippen molar-refractivity contribution < 1.29 is 19.1 Å². The van der Waals surface area contributed by atoms with Gasteiger partial charge < -0.3 is 10.4 Å². The first-order valence-electron chi connectivity index (χ1n) is 5.33. The summed E-state index contributed by atoms with van der Waals surface area (Å²) in [5.41, 5.74) is -0.0798. The fourth-order valence-corrected chi connectivity index (χ4v) is 1.53. The lowest BCUT2D eigenvalue weighted by Crippen LogP contribution is -2.26. The van der Waals surface area contributed by atoms with E-state index in [1.165, 1.54) is 13.0 Å². The first-order valence-corrected chi connectivity index (χ1v) is 5.33. The van der Waals surface area contributed by atoms with E-state index in [2.05, 4.69) is 5.32 Å². The minimum atomic E-state index is -1.23. The summed E-state index contributed by atoms with van der Waals surface area (Å²) < 4.78 is 13.5. The molecule has 17 heavy (non-hydrogen) atoms. The van der Waals surface area contributed by atoms with Crippen LogP contribution in [0.3, 0.4) is 0 Å². The smallest absolute Gasteiger partial charge is 0.336 e. The van der Waals surface area contributed by atoms with Crippen LogP contribution >= 0.6 is 0 Å². The molecule has 1 aromatic carbocycles. The highest BCUT2D eigenvalue weighted by molar-refractivity contribution is 5.98. The number of carboxylic acids is 1. The van der Waals surface area contributed by atoms with E-state index in [0.717, 1.165) is 18.9 Å². The van der Waals surface area contributed by atoms with Crippen molar-refractivity contribution in [2.75, 3.05) is 0 Å². The van der Waals surface area contributed by atoms with Crippen LogP contribution in [0.1, 0.15) is 39.1 Å². The van der Waals surface area contributed by atoms with Crippen molar-refractivity contribution in [2.45, 2.75) is 25.8 Å². The second-order valence-electron chi connectivity index (χ2n) is 4.18. The predicted molar refractivity (Wildman–Crippen MR) is 58.6 cm³/mol. The number of rotatable bonds is 3. The summed E-state index contributed by atoms with van der Waals surface area (Å²) in [5, 5.41) is 11.6. The van der Waals surface area contributed by atoms with Gasteiger partial charge in [0, 0.05) is 11.6 Å². The van der Waals surface area contributed by atoms with Gasteiger partial charge in [0.05, 0.1) is 5.56 Å². The average Bonchev–Trinajstić information content (AvgIpc) is 3.05. The molecule has 2 N–H and O–H groups in total. The topological polar surface area (TPSA) is 66.4 Å². The number of amides is 1. The molecule has 1 fully saturated rings. The molecule has 0 aromatic heterocycles. The van der Waals surface area contributed by atoms with E-state index in [4.69, 9.17) is 5.11 Å². The number of carboxylic acid groups (broad SMARTS) is 1. The Kier molecular flexibility index (Phi) is 2.83. The van der Waals surface area contributed by atoms with Gasteiger partial charge in [-0.3, -0.25) is 4.79 Å². The van der Waals surface area contributed by atoms with Crippen molar-refractivity contribution in [3.8, 4) is 0 Å². The van der Waals surface area contributed by atoms with Gasteiger partial charge in [0.2, 0.25) is 0 Å². The molecule has 1 aromatic rings. The van der Waals surface area contributed by atoms with Crippen molar-refractivity contribution in [1.29, 1.82) is 0 Å². The van der Waals surface area contributed by atoms with E-state index < -0.39 is 17.7 Å². The maximum absolute atomic E-state index is 13.5. The molecule has 0 aliphatic heterocycles. The zero-order valence-electron chi connectivity index (χ0n) is 9.29. The summed E-state index contributed by atoms with van der Waals surface area (Å²) in [6, 6.07) is 2.43. The Morgan fingerprint density at radius 3 is 2.59 bits per heavy atom. The Morgan fingerprint density at radius 2 is 2.06 bits per heavy atom. The van der Waals surface area contributed by atoms with Crippen molar-refractivity contribution in [2.24, 2.45) is 0 Å². The number of hydrogen-bond donors (Lipinski definition) is 2. The van der Waals surface area contributed by atoms with Gasteiger partial charge in [0.25, 0.3) is 5.91 Å². The number of carbonyl (C=O) groups is 2. The molecule has 90 valence electrons. The van der Waals surface area contributed by atoms with Crippen LogP contribution in [0.25, 0.3) is 0 Å². The molecule has 0 bridgehead atoms. The Labute approximate surface area is 97.4 Å². The number of nitrogens with one attached hydrogen (secondary N) is 1. The van der Waals surface area contributed by atoms with Crippen LogP contribution in [-0.2, 0) is 0 Å². The molecular weight excluding hydrogens is 225 g/mol. The highest BCUT2D eigenvalue weighted by atomic mass is 19.1. The number of benzene rings is 1. The molecule has 0 radical (unpaired) electrons. The quantitative estimate of drug-likeness (QED) is 0.841. The Bertz CT molecular complexity index is 495. The molecule has 1 saturated carbocycles. The van der Waals surface area contributed by atoms with E-state index in [-0.39, 0.29) is 22.7 Å². The third kappa shape index (κ3) is 2.43. The zero-order chi connectivity index (χ0) is 12.6. The highest BCUT2D eigenvalue weighted by Crippen LogP contribution is 2.21. The van der Waals surface area contributed by atoms with E-state index in [1.807, 2.05) is 0 Å². The molecule has 2 rings (SSSR count). The van der Waals surface area contributed by atoms with E-state index in [9.17, 15) is 14.0 Å². The van der Waals surface area contributed by atoms with Gasteiger partial charge in [-0.1, -0.05) is 0 Å². The number of halogens is 1. The van der Waals surface area contributed by atoms with Crippen molar-refractivity contribution >= 4 is 11.9 Å². The van der Waals surface area contributed by atoms with E-state index in [1.54, 1.807) is 0 Å². The molecule has 1 aliphatic rings. The van der Waals surface area contributed by atoms with Gasteiger partial charge in [0.15, 0.2) is 0 Å². The van der Waals surface area contributed by atoms with Crippen LogP contribution in [0.5, 0.6) is 0 Å². The van der Waals surface area contributed by atoms with Gasteiger partial charge in [0.1, 0.15) is 5.82 Å². The Morgan fingerprint density at radius 1 is 1.41 bits per heavy atom. The Hall–Kier alpha value is -1.91. The number of hydrogen-bond acceptors (Lipinski definition) is 2. The van der Waals surface area contributed by atoms with Crippen LogP contribution in [0.4, 0.5) is 4.39 Å². The predicted octanol–water partition coefficient (Wildman–Crippen LogP) is 1.72. The van der Waals surface area contributed by atoms with E-state index >= 15 is 0 Å². The molecule has 0 heterocycles. The average molecular weight is 237 g/mol. The summed E-state index contributed by atoms with van der Waals surface area (Å²) in [7, 11) is 0. The molecule has 1 amide bonds. The molecular formula is C12H12FNO3. The first-order chi connectivity index (χ1) is 7.99. The second kappa shape index (κ2) is 4.16. The minimum Gasteiger partial charge on any atom is -0.478 e. The van der Waals surface area contributed by atoms with Crippen LogP contribution in [0.15, 0.2) is 12.1 Å². The summed E-state index contributed by atoms with van der Waals surface area (Å²) in [6.45, 7) is 1.38. The fourth-order valence-electron chi connectivity index (χ4n) is 1.53. The lowest BCUT2D eigenvalue weighted by Gasteiger charge is -2.07.